The van der Waals surface area contributed by atoms with Crippen LogP contribution in [0, 0.1) is 11.3 Å². The molecule has 0 saturated carbocycles. The molecule has 0 saturated heterocycles. The van der Waals surface area contributed by atoms with Gasteiger partial charge in [-0.05, 0) is 42.3 Å². The fraction of sp³-hybridized carbons (Fsp3) is 0.176. The van der Waals surface area contributed by atoms with E-state index in [9.17, 15) is 0 Å². The second-order valence-electron chi connectivity index (χ2n) is 5.01. The van der Waals surface area contributed by atoms with Crippen LogP contribution in [0.1, 0.15) is 22.2 Å². The van der Waals surface area contributed by atoms with E-state index in [-0.39, 0.29) is 6.04 Å². The van der Waals surface area contributed by atoms with Crippen LogP contribution in [0.5, 0.6) is 5.75 Å². The summed E-state index contributed by atoms with van der Waals surface area (Å²) in [6.07, 6.45) is 0.697. The zero-order valence-corrected chi connectivity index (χ0v) is 12.9. The van der Waals surface area contributed by atoms with Crippen molar-refractivity contribution in [1.82, 2.24) is 4.98 Å². The summed E-state index contributed by atoms with van der Waals surface area (Å²) in [6.45, 7) is 0. The SMILES string of the molecule is COc1ccc2nc([C@H](N)Cc3ccc(C#N)cc3)sc2c1. The van der Waals surface area contributed by atoms with E-state index in [2.05, 4.69) is 11.1 Å². The van der Waals surface area contributed by atoms with Crippen molar-refractivity contribution in [3.8, 4) is 11.8 Å². The lowest BCUT2D eigenvalue weighted by Crippen LogP contribution is -2.12. The molecule has 1 heterocycles. The summed E-state index contributed by atoms with van der Waals surface area (Å²) in [6, 6.07) is 15.3. The summed E-state index contributed by atoms with van der Waals surface area (Å²) in [4.78, 5) is 4.60. The highest BCUT2D eigenvalue weighted by Gasteiger charge is 2.13. The molecule has 0 amide bonds. The average molecular weight is 309 g/mol. The Kier molecular flexibility index (Phi) is 4.05. The van der Waals surface area contributed by atoms with E-state index in [0.717, 1.165) is 26.5 Å². The Morgan fingerprint density at radius 1 is 1.27 bits per heavy atom. The number of fused-ring (bicyclic) bond motifs is 1. The number of nitriles is 1. The fourth-order valence-corrected chi connectivity index (χ4v) is 3.26. The second-order valence-corrected chi connectivity index (χ2v) is 6.07. The Morgan fingerprint density at radius 3 is 2.73 bits per heavy atom. The van der Waals surface area contributed by atoms with Gasteiger partial charge in [0.1, 0.15) is 10.8 Å². The molecule has 0 bridgehead atoms. The molecule has 0 unspecified atom stereocenters. The first-order chi connectivity index (χ1) is 10.7. The van der Waals surface area contributed by atoms with Gasteiger partial charge in [0, 0.05) is 0 Å². The predicted octanol–water partition coefficient (Wildman–Crippen LogP) is 3.42. The van der Waals surface area contributed by atoms with Crippen LogP contribution in [0.4, 0.5) is 0 Å². The van der Waals surface area contributed by atoms with Crippen LogP contribution in [-0.4, -0.2) is 12.1 Å². The minimum Gasteiger partial charge on any atom is -0.497 e. The molecule has 0 spiro atoms. The van der Waals surface area contributed by atoms with Gasteiger partial charge >= 0.3 is 0 Å². The number of aromatic nitrogens is 1. The van der Waals surface area contributed by atoms with Crippen molar-refractivity contribution in [1.29, 1.82) is 5.26 Å². The molecule has 1 aromatic heterocycles. The maximum atomic E-state index is 8.82. The van der Waals surface area contributed by atoms with E-state index < -0.39 is 0 Å². The van der Waals surface area contributed by atoms with Gasteiger partial charge in [0.05, 0.1) is 35.0 Å². The van der Waals surface area contributed by atoms with Gasteiger partial charge in [-0.1, -0.05) is 12.1 Å². The van der Waals surface area contributed by atoms with Crippen molar-refractivity contribution in [3.63, 3.8) is 0 Å². The molecule has 0 aliphatic heterocycles. The normalized spacial score (nSPS) is 12.0. The highest BCUT2D eigenvalue weighted by molar-refractivity contribution is 7.18. The van der Waals surface area contributed by atoms with E-state index in [4.69, 9.17) is 15.7 Å². The number of ether oxygens (including phenoxy) is 1. The number of methoxy groups -OCH3 is 1. The van der Waals surface area contributed by atoms with Crippen LogP contribution in [0.25, 0.3) is 10.2 Å². The molecule has 110 valence electrons. The molecule has 3 aromatic rings. The molecule has 3 rings (SSSR count). The maximum Gasteiger partial charge on any atom is 0.120 e. The summed E-state index contributed by atoms with van der Waals surface area (Å²) >= 11 is 1.59. The van der Waals surface area contributed by atoms with Crippen LogP contribution in [-0.2, 0) is 6.42 Å². The number of benzene rings is 2. The van der Waals surface area contributed by atoms with Crippen molar-refractivity contribution in [2.45, 2.75) is 12.5 Å². The summed E-state index contributed by atoms with van der Waals surface area (Å²) < 4.78 is 6.30. The Morgan fingerprint density at radius 2 is 2.05 bits per heavy atom. The molecule has 5 heteroatoms. The highest BCUT2D eigenvalue weighted by atomic mass is 32.1. The van der Waals surface area contributed by atoms with E-state index in [1.165, 1.54) is 0 Å². The maximum absolute atomic E-state index is 8.82. The van der Waals surface area contributed by atoms with Gasteiger partial charge < -0.3 is 10.5 Å². The minimum absolute atomic E-state index is 0.156. The number of nitrogens with zero attached hydrogens (tertiary/aromatic N) is 2. The molecule has 2 N–H and O–H groups in total. The molecule has 0 aliphatic carbocycles. The van der Waals surface area contributed by atoms with Crippen molar-refractivity contribution >= 4 is 21.6 Å². The van der Waals surface area contributed by atoms with Gasteiger partial charge in [-0.15, -0.1) is 11.3 Å². The first kappa shape index (κ1) is 14.5. The quantitative estimate of drug-likeness (QED) is 0.801. The van der Waals surface area contributed by atoms with Crippen molar-refractivity contribution in [3.05, 3.63) is 58.6 Å². The zero-order chi connectivity index (χ0) is 15.5. The Hall–Kier alpha value is -2.42. The molecule has 1 atom stereocenters. The third-order valence-electron chi connectivity index (χ3n) is 3.47. The fourth-order valence-electron chi connectivity index (χ4n) is 2.26. The van der Waals surface area contributed by atoms with Crippen LogP contribution in [0.15, 0.2) is 42.5 Å². The van der Waals surface area contributed by atoms with E-state index >= 15 is 0 Å². The van der Waals surface area contributed by atoms with E-state index in [0.29, 0.717) is 12.0 Å². The predicted molar refractivity (Wildman–Crippen MR) is 88.0 cm³/mol. The van der Waals surface area contributed by atoms with Crippen LogP contribution < -0.4 is 10.5 Å². The molecule has 0 aliphatic rings. The molecule has 0 radical (unpaired) electrons. The Labute approximate surface area is 132 Å². The third kappa shape index (κ3) is 2.93. The third-order valence-corrected chi connectivity index (χ3v) is 4.62. The number of hydrogen-bond donors (Lipinski definition) is 1. The minimum atomic E-state index is -0.156. The largest absolute Gasteiger partial charge is 0.497 e. The molecule has 2 aromatic carbocycles. The van der Waals surface area contributed by atoms with Crippen molar-refractivity contribution in [2.75, 3.05) is 7.11 Å². The summed E-state index contributed by atoms with van der Waals surface area (Å²) in [7, 11) is 1.65. The number of rotatable bonds is 4. The first-order valence-electron chi connectivity index (χ1n) is 6.88. The van der Waals surface area contributed by atoms with Gasteiger partial charge in [0.15, 0.2) is 0 Å². The highest BCUT2D eigenvalue weighted by Crippen LogP contribution is 2.29. The summed E-state index contributed by atoms with van der Waals surface area (Å²) in [5.74, 6) is 0.823. The second kappa shape index (κ2) is 6.14. The monoisotopic (exact) mass is 309 g/mol. The summed E-state index contributed by atoms with van der Waals surface area (Å²) in [5.41, 5.74) is 8.98. The van der Waals surface area contributed by atoms with Crippen molar-refractivity contribution < 1.29 is 4.74 Å². The number of thiazole rings is 1. The topological polar surface area (TPSA) is 71.9 Å². The van der Waals surface area contributed by atoms with Gasteiger partial charge in [-0.3, -0.25) is 0 Å². The Bertz CT molecular complexity index is 833. The number of hydrogen-bond acceptors (Lipinski definition) is 5. The van der Waals surface area contributed by atoms with Crippen LogP contribution in [0.3, 0.4) is 0 Å². The van der Waals surface area contributed by atoms with Crippen LogP contribution in [0.2, 0.25) is 0 Å². The van der Waals surface area contributed by atoms with E-state index in [1.54, 1.807) is 18.4 Å². The van der Waals surface area contributed by atoms with Gasteiger partial charge in [0.2, 0.25) is 0 Å². The molecular formula is C17H15N3OS. The van der Waals surface area contributed by atoms with Crippen molar-refractivity contribution in [2.24, 2.45) is 5.73 Å². The standard InChI is InChI=1S/C17H15N3OS/c1-21-13-6-7-15-16(9-13)22-17(20-15)14(19)8-11-2-4-12(10-18)5-3-11/h2-7,9,14H,8,19H2,1H3/t14-/m1/s1. The lowest BCUT2D eigenvalue weighted by atomic mass is 10.1. The lowest BCUT2D eigenvalue weighted by molar-refractivity contribution is 0.415. The zero-order valence-electron chi connectivity index (χ0n) is 12.1. The molecular weight excluding hydrogens is 294 g/mol. The molecule has 4 nitrogen and oxygen atoms in total. The summed E-state index contributed by atoms with van der Waals surface area (Å²) in [5, 5.41) is 9.73. The van der Waals surface area contributed by atoms with Gasteiger partial charge in [-0.2, -0.15) is 5.26 Å². The first-order valence-corrected chi connectivity index (χ1v) is 7.70. The van der Waals surface area contributed by atoms with Gasteiger partial charge in [-0.25, -0.2) is 4.98 Å². The van der Waals surface area contributed by atoms with Crippen LogP contribution >= 0.6 is 11.3 Å². The van der Waals surface area contributed by atoms with E-state index in [1.807, 2.05) is 42.5 Å². The Balaban J connectivity index is 1.81. The molecule has 22 heavy (non-hydrogen) atoms. The number of nitrogens with two attached hydrogens (primary N) is 1. The smallest absolute Gasteiger partial charge is 0.120 e. The average Bonchev–Trinajstić information content (AvgIpc) is 2.98. The molecule has 0 fully saturated rings. The lowest BCUT2D eigenvalue weighted by Gasteiger charge is -2.08. The van der Waals surface area contributed by atoms with Gasteiger partial charge in [0.25, 0.3) is 0 Å².